The number of hydrogen-bond donors (Lipinski definition) is 0. The number of hydrogen-bond acceptors (Lipinski definition) is 1. The van der Waals surface area contributed by atoms with Gasteiger partial charge in [-0.2, -0.15) is 0 Å². The van der Waals surface area contributed by atoms with Crippen molar-refractivity contribution in [3.05, 3.63) is 36.5 Å². The molecule has 0 N–H and O–H groups in total. The summed E-state index contributed by atoms with van der Waals surface area (Å²) in [5, 5.41) is 0. The van der Waals surface area contributed by atoms with E-state index < -0.39 is 0 Å². The van der Waals surface area contributed by atoms with Gasteiger partial charge in [-0.05, 0) is 44.9 Å². The Kier molecular flexibility index (Phi) is 9.05. The summed E-state index contributed by atoms with van der Waals surface area (Å²) in [6.07, 6.45) is 23.3. The minimum atomic E-state index is 0.420. The van der Waals surface area contributed by atoms with Crippen LogP contribution in [0.3, 0.4) is 0 Å². The van der Waals surface area contributed by atoms with Gasteiger partial charge in [-0.15, -0.1) is 0 Å². The number of ketones is 1. The first-order valence-corrected chi connectivity index (χ1v) is 7.82. The molecule has 1 atom stereocenters. The van der Waals surface area contributed by atoms with Crippen LogP contribution in [0.4, 0.5) is 0 Å². The van der Waals surface area contributed by atoms with Crippen LogP contribution >= 0.6 is 0 Å². The Hall–Kier alpha value is -1.11. The second-order valence-corrected chi connectivity index (χ2v) is 5.28. The first-order valence-electron chi connectivity index (χ1n) is 7.82. The lowest BCUT2D eigenvalue weighted by Gasteiger charge is -2.23. The van der Waals surface area contributed by atoms with Crippen LogP contribution in [0.2, 0.25) is 0 Å². The molecular weight excluding hydrogens is 232 g/mol. The van der Waals surface area contributed by atoms with Gasteiger partial charge in [-0.25, -0.2) is 0 Å². The average Bonchev–Trinajstić information content (AvgIpc) is 2.42. The highest BCUT2D eigenvalue weighted by atomic mass is 16.1. The molecule has 0 aromatic heterocycles. The second kappa shape index (κ2) is 10.8. The lowest BCUT2D eigenvalue weighted by atomic mass is 9.80. The van der Waals surface area contributed by atoms with Gasteiger partial charge in [-0.3, -0.25) is 4.79 Å². The summed E-state index contributed by atoms with van der Waals surface area (Å²) in [6, 6.07) is 0. The monoisotopic (exact) mass is 260 g/mol. The molecular formula is C18H28O. The van der Waals surface area contributed by atoms with Crippen molar-refractivity contribution in [2.24, 2.45) is 5.92 Å². The summed E-state index contributed by atoms with van der Waals surface area (Å²) in [5.41, 5.74) is 0. The fourth-order valence-electron chi connectivity index (χ4n) is 2.25. The fourth-order valence-corrected chi connectivity index (χ4v) is 2.25. The Morgan fingerprint density at radius 2 is 1.68 bits per heavy atom. The van der Waals surface area contributed by atoms with Crippen LogP contribution in [0.5, 0.6) is 0 Å². The zero-order valence-electron chi connectivity index (χ0n) is 12.3. The molecule has 0 bridgehead atoms. The molecule has 0 heterocycles. The van der Waals surface area contributed by atoms with Crippen molar-refractivity contribution >= 4 is 5.78 Å². The van der Waals surface area contributed by atoms with Crippen molar-refractivity contribution in [2.75, 3.05) is 0 Å². The summed E-state index contributed by atoms with van der Waals surface area (Å²) >= 11 is 0. The molecule has 1 aliphatic carbocycles. The van der Waals surface area contributed by atoms with Crippen molar-refractivity contribution in [3.8, 4) is 0 Å². The number of Topliss-reactive ketones (excluding diaryl/α,β-unsaturated/α-hetero) is 1. The van der Waals surface area contributed by atoms with E-state index in [4.69, 9.17) is 0 Å². The van der Waals surface area contributed by atoms with Crippen molar-refractivity contribution in [1.29, 1.82) is 0 Å². The smallest absolute Gasteiger partial charge is 0.136 e. The Morgan fingerprint density at radius 1 is 1.00 bits per heavy atom. The Balaban J connectivity index is 1.87. The van der Waals surface area contributed by atoms with Gasteiger partial charge in [0.25, 0.3) is 0 Å². The Bertz CT molecular complexity index is 323. The van der Waals surface area contributed by atoms with Gasteiger partial charge < -0.3 is 0 Å². The molecule has 1 saturated carbocycles. The highest BCUT2D eigenvalue weighted by molar-refractivity contribution is 5.86. The molecule has 1 rings (SSSR count). The first-order chi connectivity index (χ1) is 9.34. The summed E-state index contributed by atoms with van der Waals surface area (Å²) in [5.74, 6) is 0.917. The summed E-state index contributed by atoms with van der Waals surface area (Å²) in [7, 11) is 0. The van der Waals surface area contributed by atoms with Gasteiger partial charge >= 0.3 is 0 Å². The van der Waals surface area contributed by atoms with E-state index in [1.54, 1.807) is 0 Å². The molecule has 0 aromatic rings. The van der Waals surface area contributed by atoms with Crippen LogP contribution < -0.4 is 0 Å². The van der Waals surface area contributed by atoms with Gasteiger partial charge in [0.2, 0.25) is 0 Å². The summed E-state index contributed by atoms with van der Waals surface area (Å²) in [4.78, 5) is 11.1. The highest BCUT2D eigenvalue weighted by Gasteiger charge is 2.26. The zero-order chi connectivity index (χ0) is 13.8. The molecule has 1 aliphatic rings. The maximum Gasteiger partial charge on any atom is 0.136 e. The molecule has 0 aliphatic heterocycles. The quantitative estimate of drug-likeness (QED) is 0.380. The number of carbonyl (C=O) groups excluding carboxylic acids is 1. The molecule has 0 radical (unpaired) electrons. The molecule has 0 amide bonds. The molecule has 19 heavy (non-hydrogen) atoms. The van der Waals surface area contributed by atoms with Crippen LogP contribution in [-0.2, 0) is 4.79 Å². The van der Waals surface area contributed by atoms with E-state index in [9.17, 15) is 4.79 Å². The molecule has 1 nitrogen and oxygen atoms in total. The van der Waals surface area contributed by atoms with E-state index in [1.807, 2.05) is 0 Å². The topological polar surface area (TPSA) is 17.1 Å². The maximum absolute atomic E-state index is 11.1. The van der Waals surface area contributed by atoms with Crippen LogP contribution in [0, 0.1) is 5.92 Å². The lowest BCUT2D eigenvalue weighted by Crippen LogP contribution is -2.25. The third kappa shape index (κ3) is 7.81. The van der Waals surface area contributed by atoms with Crippen molar-refractivity contribution in [1.82, 2.24) is 0 Å². The van der Waals surface area contributed by atoms with E-state index in [0.29, 0.717) is 11.7 Å². The predicted molar refractivity (Wildman–Crippen MR) is 83.1 cm³/mol. The highest BCUT2D eigenvalue weighted by Crippen LogP contribution is 2.27. The van der Waals surface area contributed by atoms with Gasteiger partial charge in [-0.1, -0.05) is 49.8 Å². The Labute approximate surface area is 118 Å². The molecule has 0 saturated heterocycles. The third-order valence-corrected chi connectivity index (χ3v) is 3.65. The van der Waals surface area contributed by atoms with Gasteiger partial charge in [0.15, 0.2) is 0 Å². The molecule has 1 unspecified atom stereocenters. The first kappa shape index (κ1) is 15.9. The molecule has 106 valence electrons. The minimum Gasteiger partial charge on any atom is -0.299 e. The van der Waals surface area contributed by atoms with E-state index in [1.165, 1.54) is 12.8 Å². The minimum absolute atomic E-state index is 0.420. The van der Waals surface area contributed by atoms with Gasteiger partial charge in [0.05, 0.1) is 0 Å². The van der Waals surface area contributed by atoms with Gasteiger partial charge in [0.1, 0.15) is 5.78 Å². The van der Waals surface area contributed by atoms with Crippen LogP contribution in [0.25, 0.3) is 0 Å². The summed E-state index contributed by atoms with van der Waals surface area (Å²) < 4.78 is 0. The second-order valence-electron chi connectivity index (χ2n) is 5.28. The number of allylic oxidation sites excluding steroid dienone is 6. The van der Waals surface area contributed by atoms with Gasteiger partial charge in [0, 0.05) is 12.3 Å². The Morgan fingerprint density at radius 3 is 2.26 bits per heavy atom. The molecule has 1 fully saturated rings. The van der Waals surface area contributed by atoms with E-state index >= 15 is 0 Å². The molecule has 1 heteroatoms. The number of rotatable bonds is 10. The van der Waals surface area contributed by atoms with Crippen LogP contribution in [0.15, 0.2) is 36.5 Å². The molecule has 0 spiro atoms. The average molecular weight is 260 g/mol. The normalized spacial score (nSPS) is 19.8. The van der Waals surface area contributed by atoms with Crippen molar-refractivity contribution in [3.63, 3.8) is 0 Å². The standard InChI is InChI=1S/C18H28O/c1-2-3-4-5-6-7-8-9-10-11-12-13-14-17-15-16-18(17)19/h3-4,6-7,9-10,17H,2,5,8,11-16H2,1H3/b4-3+,7-6+,10-9+. The number of carbonyl (C=O) groups is 1. The SMILES string of the molecule is CC/C=C/C/C=C/C/C=C/CCCCC1CCC1=O. The summed E-state index contributed by atoms with van der Waals surface area (Å²) in [6.45, 7) is 2.16. The number of unbranched alkanes of at least 4 members (excludes halogenated alkanes) is 2. The lowest BCUT2D eigenvalue weighted by molar-refractivity contribution is -0.129. The largest absolute Gasteiger partial charge is 0.299 e. The fraction of sp³-hybridized carbons (Fsp3) is 0.611. The maximum atomic E-state index is 11.1. The van der Waals surface area contributed by atoms with E-state index in [0.717, 1.165) is 44.9 Å². The van der Waals surface area contributed by atoms with E-state index in [-0.39, 0.29) is 0 Å². The van der Waals surface area contributed by atoms with Crippen LogP contribution in [0.1, 0.15) is 64.7 Å². The van der Waals surface area contributed by atoms with Crippen LogP contribution in [-0.4, -0.2) is 5.78 Å². The van der Waals surface area contributed by atoms with Crippen molar-refractivity contribution < 1.29 is 4.79 Å². The zero-order valence-corrected chi connectivity index (χ0v) is 12.3. The third-order valence-electron chi connectivity index (χ3n) is 3.65. The van der Waals surface area contributed by atoms with Crippen molar-refractivity contribution in [2.45, 2.75) is 64.7 Å². The van der Waals surface area contributed by atoms with E-state index in [2.05, 4.69) is 43.4 Å². The molecule has 0 aromatic carbocycles. The predicted octanol–water partition coefficient (Wildman–Crippen LogP) is 5.38.